The van der Waals surface area contributed by atoms with E-state index in [9.17, 15) is 9.59 Å². The molecule has 0 aliphatic carbocycles. The predicted octanol–water partition coefficient (Wildman–Crippen LogP) is 1.70. The van der Waals surface area contributed by atoms with Crippen LogP contribution in [0.3, 0.4) is 0 Å². The number of hydrogen-bond acceptors (Lipinski definition) is 2. The van der Waals surface area contributed by atoms with E-state index < -0.39 is 6.04 Å². The van der Waals surface area contributed by atoms with Gasteiger partial charge in [0.25, 0.3) is 5.91 Å². The van der Waals surface area contributed by atoms with Gasteiger partial charge in [-0.25, -0.2) is 0 Å². The van der Waals surface area contributed by atoms with Crippen molar-refractivity contribution in [2.24, 2.45) is 0 Å². The van der Waals surface area contributed by atoms with Gasteiger partial charge in [0, 0.05) is 24.7 Å². The molecule has 4 nitrogen and oxygen atoms in total. The number of nitrogens with zero attached hydrogens (tertiary/aromatic N) is 1. The number of carbonyl (C=O) groups is 2. The standard InChI is InChI=1S/C14H16N2O2/c1-4-7-16-12-6-5-9(2)8-11(12)13(14(16)18)15-10(3)17/h4-6,8,13H,1,7H2,2-3H3,(H,15,17)/t13-/m1/s1. The zero-order valence-corrected chi connectivity index (χ0v) is 10.6. The summed E-state index contributed by atoms with van der Waals surface area (Å²) in [6, 6.07) is 5.24. The van der Waals surface area contributed by atoms with E-state index in [1.807, 2.05) is 25.1 Å². The highest BCUT2D eigenvalue weighted by atomic mass is 16.2. The van der Waals surface area contributed by atoms with E-state index in [4.69, 9.17) is 0 Å². The van der Waals surface area contributed by atoms with Crippen LogP contribution in [-0.2, 0) is 9.59 Å². The van der Waals surface area contributed by atoms with Crippen molar-refractivity contribution >= 4 is 17.5 Å². The van der Waals surface area contributed by atoms with Gasteiger partial charge in [-0.2, -0.15) is 0 Å². The molecule has 0 radical (unpaired) electrons. The minimum absolute atomic E-state index is 0.106. The Hall–Kier alpha value is -2.10. The monoisotopic (exact) mass is 244 g/mol. The zero-order valence-electron chi connectivity index (χ0n) is 10.6. The van der Waals surface area contributed by atoms with Crippen LogP contribution < -0.4 is 10.2 Å². The van der Waals surface area contributed by atoms with Crippen molar-refractivity contribution in [2.45, 2.75) is 19.9 Å². The number of fused-ring (bicyclic) bond motifs is 1. The fourth-order valence-electron chi connectivity index (χ4n) is 2.22. The van der Waals surface area contributed by atoms with Crippen LogP contribution in [0, 0.1) is 6.92 Å². The van der Waals surface area contributed by atoms with E-state index in [2.05, 4.69) is 11.9 Å². The summed E-state index contributed by atoms with van der Waals surface area (Å²) in [6.45, 7) is 7.48. The van der Waals surface area contributed by atoms with Gasteiger partial charge in [0.1, 0.15) is 6.04 Å². The van der Waals surface area contributed by atoms with E-state index in [-0.39, 0.29) is 11.8 Å². The van der Waals surface area contributed by atoms with Gasteiger partial charge in [0.05, 0.1) is 0 Å². The van der Waals surface area contributed by atoms with Gasteiger partial charge >= 0.3 is 0 Å². The Labute approximate surface area is 106 Å². The molecule has 0 saturated carbocycles. The molecule has 1 N–H and O–H groups in total. The van der Waals surface area contributed by atoms with Crippen LogP contribution in [-0.4, -0.2) is 18.4 Å². The lowest BCUT2D eigenvalue weighted by atomic mass is 10.1. The Morgan fingerprint density at radius 1 is 1.56 bits per heavy atom. The Balaban J connectivity index is 2.46. The van der Waals surface area contributed by atoms with Crippen molar-refractivity contribution in [3.8, 4) is 0 Å². The SMILES string of the molecule is C=CCN1C(=O)[C@H](NC(C)=O)c2cc(C)ccc21. The molecule has 2 rings (SSSR count). The third kappa shape index (κ3) is 2.01. The number of carbonyl (C=O) groups excluding carboxylic acids is 2. The van der Waals surface area contributed by atoms with Crippen LogP contribution in [0.25, 0.3) is 0 Å². The fraction of sp³-hybridized carbons (Fsp3) is 0.286. The third-order valence-corrected chi connectivity index (χ3v) is 2.96. The Morgan fingerprint density at radius 2 is 2.28 bits per heavy atom. The molecule has 0 aromatic heterocycles. The Morgan fingerprint density at radius 3 is 2.89 bits per heavy atom. The fourth-order valence-corrected chi connectivity index (χ4v) is 2.22. The normalized spacial score (nSPS) is 17.6. The summed E-state index contributed by atoms with van der Waals surface area (Å²) < 4.78 is 0. The van der Waals surface area contributed by atoms with Crippen molar-refractivity contribution in [1.82, 2.24) is 5.32 Å². The molecule has 0 fully saturated rings. The van der Waals surface area contributed by atoms with Crippen molar-refractivity contribution in [3.63, 3.8) is 0 Å². The molecule has 1 aliphatic rings. The first-order chi connectivity index (χ1) is 8.54. The second-order valence-corrected chi connectivity index (χ2v) is 4.43. The first-order valence-corrected chi connectivity index (χ1v) is 5.84. The molecule has 2 amide bonds. The largest absolute Gasteiger partial charge is 0.341 e. The van der Waals surface area contributed by atoms with Gasteiger partial charge in [-0.3, -0.25) is 9.59 Å². The minimum atomic E-state index is -0.572. The highest BCUT2D eigenvalue weighted by Crippen LogP contribution is 2.36. The molecule has 18 heavy (non-hydrogen) atoms. The number of aryl methyl sites for hydroxylation is 1. The Bertz CT molecular complexity index is 523. The molecule has 0 bridgehead atoms. The molecule has 1 aliphatic heterocycles. The molecule has 1 heterocycles. The van der Waals surface area contributed by atoms with Crippen LogP contribution in [0.15, 0.2) is 30.9 Å². The molecular formula is C14H16N2O2. The van der Waals surface area contributed by atoms with Crippen molar-refractivity contribution in [1.29, 1.82) is 0 Å². The van der Waals surface area contributed by atoms with E-state index >= 15 is 0 Å². The maximum atomic E-state index is 12.3. The molecule has 1 atom stereocenters. The maximum Gasteiger partial charge on any atom is 0.254 e. The van der Waals surface area contributed by atoms with Crippen molar-refractivity contribution in [3.05, 3.63) is 42.0 Å². The summed E-state index contributed by atoms with van der Waals surface area (Å²) in [5.41, 5.74) is 2.78. The number of anilines is 1. The number of hydrogen-bond donors (Lipinski definition) is 1. The summed E-state index contributed by atoms with van der Waals surface area (Å²) in [7, 11) is 0. The van der Waals surface area contributed by atoms with E-state index in [0.29, 0.717) is 6.54 Å². The van der Waals surface area contributed by atoms with Gasteiger partial charge in [0.2, 0.25) is 5.91 Å². The summed E-state index contributed by atoms with van der Waals surface area (Å²) >= 11 is 0. The molecule has 0 unspecified atom stereocenters. The molecule has 94 valence electrons. The molecule has 1 aromatic carbocycles. The predicted molar refractivity (Wildman–Crippen MR) is 70.3 cm³/mol. The topological polar surface area (TPSA) is 49.4 Å². The summed E-state index contributed by atoms with van der Waals surface area (Å²) in [6.07, 6.45) is 1.68. The zero-order chi connectivity index (χ0) is 13.3. The van der Waals surface area contributed by atoms with Crippen molar-refractivity contribution in [2.75, 3.05) is 11.4 Å². The second kappa shape index (κ2) is 4.64. The molecule has 4 heteroatoms. The Kier molecular flexibility index (Phi) is 3.19. The lowest BCUT2D eigenvalue weighted by Gasteiger charge is -2.15. The van der Waals surface area contributed by atoms with Gasteiger partial charge in [-0.15, -0.1) is 6.58 Å². The van der Waals surface area contributed by atoms with E-state index in [0.717, 1.165) is 16.8 Å². The van der Waals surface area contributed by atoms with E-state index in [1.165, 1.54) is 6.92 Å². The van der Waals surface area contributed by atoms with Gasteiger partial charge in [0.15, 0.2) is 0 Å². The third-order valence-electron chi connectivity index (χ3n) is 2.96. The number of benzene rings is 1. The molecule has 1 aromatic rings. The van der Waals surface area contributed by atoms with Crippen LogP contribution in [0.5, 0.6) is 0 Å². The highest BCUT2D eigenvalue weighted by molar-refractivity contribution is 6.06. The number of amides is 2. The van der Waals surface area contributed by atoms with Crippen molar-refractivity contribution < 1.29 is 9.59 Å². The quantitative estimate of drug-likeness (QED) is 0.823. The summed E-state index contributed by atoms with van der Waals surface area (Å²) in [5, 5.41) is 2.70. The van der Waals surface area contributed by atoms with Gasteiger partial charge < -0.3 is 10.2 Å². The second-order valence-electron chi connectivity index (χ2n) is 4.43. The van der Waals surface area contributed by atoms with Crippen LogP contribution >= 0.6 is 0 Å². The first-order valence-electron chi connectivity index (χ1n) is 5.84. The highest BCUT2D eigenvalue weighted by Gasteiger charge is 2.37. The lowest BCUT2D eigenvalue weighted by molar-refractivity contribution is -0.126. The summed E-state index contributed by atoms with van der Waals surface area (Å²) in [4.78, 5) is 25.1. The van der Waals surface area contributed by atoms with E-state index in [1.54, 1.807) is 11.0 Å². The van der Waals surface area contributed by atoms with Gasteiger partial charge in [-0.1, -0.05) is 23.8 Å². The molecule has 0 saturated heterocycles. The van der Waals surface area contributed by atoms with Gasteiger partial charge in [-0.05, 0) is 13.0 Å². The summed E-state index contributed by atoms with van der Waals surface area (Å²) in [5.74, 6) is -0.313. The number of nitrogens with one attached hydrogen (secondary N) is 1. The molecule has 0 spiro atoms. The maximum absolute atomic E-state index is 12.3. The van der Waals surface area contributed by atoms with Crippen LogP contribution in [0.4, 0.5) is 5.69 Å². The lowest BCUT2D eigenvalue weighted by Crippen LogP contribution is -2.36. The van der Waals surface area contributed by atoms with Crippen LogP contribution in [0.1, 0.15) is 24.1 Å². The molecular weight excluding hydrogens is 228 g/mol. The average molecular weight is 244 g/mol. The minimum Gasteiger partial charge on any atom is -0.341 e. The first kappa shape index (κ1) is 12.4. The number of rotatable bonds is 3. The average Bonchev–Trinajstić information content (AvgIpc) is 2.54. The van der Waals surface area contributed by atoms with Crippen LogP contribution in [0.2, 0.25) is 0 Å². The smallest absolute Gasteiger partial charge is 0.254 e.